The summed E-state index contributed by atoms with van der Waals surface area (Å²) in [6.07, 6.45) is 0. The molecule has 0 aromatic heterocycles. The van der Waals surface area contributed by atoms with Gasteiger partial charge in [0.1, 0.15) is 0 Å². The van der Waals surface area contributed by atoms with Crippen LogP contribution in [-0.2, 0) is 11.3 Å². The summed E-state index contributed by atoms with van der Waals surface area (Å²) in [6, 6.07) is 6.68. The molecule has 1 atom stereocenters. The van der Waals surface area contributed by atoms with Crippen molar-refractivity contribution >= 4 is 11.8 Å². The molecular formula is C15H22F3NOS. The van der Waals surface area contributed by atoms with Crippen LogP contribution >= 0.6 is 11.8 Å². The lowest BCUT2D eigenvalue weighted by Crippen LogP contribution is -2.37. The minimum Gasteiger partial charge on any atom is -0.380 e. The molecule has 0 amide bonds. The number of thioether (sulfide) groups is 1. The van der Waals surface area contributed by atoms with Crippen molar-refractivity contribution in [1.82, 2.24) is 5.32 Å². The SMILES string of the molecule is CCOCC(NCc1ccc(SC(F)(F)F)cc1)C(C)C. The second kappa shape index (κ2) is 8.66. The lowest BCUT2D eigenvalue weighted by atomic mass is 10.0. The van der Waals surface area contributed by atoms with Crippen molar-refractivity contribution in [3.05, 3.63) is 29.8 Å². The van der Waals surface area contributed by atoms with Crippen LogP contribution in [0.5, 0.6) is 0 Å². The molecule has 21 heavy (non-hydrogen) atoms. The van der Waals surface area contributed by atoms with Gasteiger partial charge in [-0.25, -0.2) is 0 Å². The van der Waals surface area contributed by atoms with E-state index in [0.29, 0.717) is 25.7 Å². The predicted molar refractivity (Wildman–Crippen MR) is 80.3 cm³/mol. The summed E-state index contributed by atoms with van der Waals surface area (Å²) in [5.41, 5.74) is -3.27. The first-order chi connectivity index (χ1) is 9.81. The highest BCUT2D eigenvalue weighted by molar-refractivity contribution is 8.00. The average molecular weight is 321 g/mol. The molecule has 120 valence electrons. The summed E-state index contributed by atoms with van der Waals surface area (Å²) in [7, 11) is 0. The van der Waals surface area contributed by atoms with Crippen LogP contribution in [0, 0.1) is 5.92 Å². The second-order valence-corrected chi connectivity index (χ2v) is 6.22. The number of halogens is 3. The third-order valence-corrected chi connectivity index (χ3v) is 3.77. The monoisotopic (exact) mass is 321 g/mol. The third kappa shape index (κ3) is 7.74. The Morgan fingerprint density at radius 1 is 1.19 bits per heavy atom. The summed E-state index contributed by atoms with van der Waals surface area (Å²) in [5.74, 6) is 0.427. The molecule has 0 aliphatic heterocycles. The van der Waals surface area contributed by atoms with E-state index in [1.807, 2.05) is 6.92 Å². The normalized spacial score (nSPS) is 13.7. The van der Waals surface area contributed by atoms with Crippen molar-refractivity contribution in [2.24, 2.45) is 5.92 Å². The fraction of sp³-hybridized carbons (Fsp3) is 0.600. The van der Waals surface area contributed by atoms with E-state index in [9.17, 15) is 13.2 Å². The summed E-state index contributed by atoms with van der Waals surface area (Å²) in [5, 5.41) is 3.38. The Morgan fingerprint density at radius 2 is 1.81 bits per heavy atom. The predicted octanol–water partition coefficient (Wildman–Crippen LogP) is 4.45. The molecule has 0 saturated carbocycles. The van der Waals surface area contributed by atoms with Gasteiger partial charge in [-0.05, 0) is 42.3 Å². The lowest BCUT2D eigenvalue weighted by Gasteiger charge is -2.22. The molecule has 0 heterocycles. The topological polar surface area (TPSA) is 21.3 Å². The summed E-state index contributed by atoms with van der Waals surface area (Å²) in [4.78, 5) is 0.209. The number of hydrogen-bond acceptors (Lipinski definition) is 3. The van der Waals surface area contributed by atoms with Gasteiger partial charge in [0.2, 0.25) is 0 Å². The maximum atomic E-state index is 12.2. The molecule has 0 radical (unpaired) electrons. The van der Waals surface area contributed by atoms with Gasteiger partial charge in [-0.3, -0.25) is 0 Å². The van der Waals surface area contributed by atoms with E-state index in [2.05, 4.69) is 19.2 Å². The van der Waals surface area contributed by atoms with E-state index >= 15 is 0 Å². The van der Waals surface area contributed by atoms with Gasteiger partial charge in [-0.2, -0.15) is 13.2 Å². The van der Waals surface area contributed by atoms with Crippen molar-refractivity contribution in [2.45, 2.75) is 43.8 Å². The van der Waals surface area contributed by atoms with Crippen LogP contribution in [-0.4, -0.2) is 24.8 Å². The third-order valence-electron chi connectivity index (χ3n) is 3.03. The van der Waals surface area contributed by atoms with E-state index in [4.69, 9.17) is 4.74 Å². The minimum absolute atomic E-state index is 0.0906. The number of alkyl halides is 3. The molecule has 0 spiro atoms. The zero-order chi connectivity index (χ0) is 15.9. The van der Waals surface area contributed by atoms with Crippen LogP contribution in [0.3, 0.4) is 0 Å². The van der Waals surface area contributed by atoms with Crippen LogP contribution in [0.1, 0.15) is 26.3 Å². The lowest BCUT2D eigenvalue weighted by molar-refractivity contribution is -0.0328. The van der Waals surface area contributed by atoms with Gasteiger partial charge < -0.3 is 10.1 Å². The molecule has 1 aromatic rings. The minimum atomic E-state index is -4.24. The first kappa shape index (κ1) is 18.3. The quantitative estimate of drug-likeness (QED) is 0.715. The molecule has 0 fully saturated rings. The summed E-state index contributed by atoms with van der Waals surface area (Å²) < 4.78 is 42.1. The van der Waals surface area contributed by atoms with Crippen molar-refractivity contribution in [3.8, 4) is 0 Å². The number of nitrogens with one attached hydrogen (secondary N) is 1. The molecule has 0 saturated heterocycles. The first-order valence-corrected chi connectivity index (χ1v) is 7.79. The largest absolute Gasteiger partial charge is 0.446 e. The smallest absolute Gasteiger partial charge is 0.380 e. The van der Waals surface area contributed by atoms with Gasteiger partial charge in [0.05, 0.1) is 6.61 Å². The standard InChI is InChI=1S/C15H22F3NOS/c1-4-20-10-14(11(2)3)19-9-12-5-7-13(8-6-12)21-15(16,17)18/h5-8,11,14,19H,4,9-10H2,1-3H3. The highest BCUT2D eigenvalue weighted by Gasteiger charge is 2.28. The Hall–Kier alpha value is -0.720. The average Bonchev–Trinajstić information content (AvgIpc) is 2.38. The highest BCUT2D eigenvalue weighted by atomic mass is 32.2. The molecule has 2 nitrogen and oxygen atoms in total. The Kier molecular flexibility index (Phi) is 7.56. The van der Waals surface area contributed by atoms with Gasteiger partial charge in [-0.15, -0.1) is 0 Å². The molecule has 0 aliphatic carbocycles. The van der Waals surface area contributed by atoms with E-state index in [1.165, 1.54) is 12.1 Å². The van der Waals surface area contributed by atoms with Crippen LogP contribution in [0.25, 0.3) is 0 Å². The number of rotatable bonds is 8. The summed E-state index contributed by atoms with van der Waals surface area (Å²) in [6.45, 7) is 8.10. The second-order valence-electron chi connectivity index (χ2n) is 5.08. The van der Waals surface area contributed by atoms with E-state index in [0.717, 1.165) is 5.56 Å². The van der Waals surface area contributed by atoms with Crippen LogP contribution in [0.2, 0.25) is 0 Å². The van der Waals surface area contributed by atoms with E-state index < -0.39 is 5.51 Å². The van der Waals surface area contributed by atoms with Gasteiger partial charge in [0, 0.05) is 24.1 Å². The van der Waals surface area contributed by atoms with Crippen LogP contribution in [0.15, 0.2) is 29.2 Å². The van der Waals surface area contributed by atoms with E-state index in [-0.39, 0.29) is 22.7 Å². The maximum Gasteiger partial charge on any atom is 0.446 e. The Morgan fingerprint density at radius 3 is 2.29 bits per heavy atom. The van der Waals surface area contributed by atoms with Crippen LogP contribution in [0.4, 0.5) is 13.2 Å². The Labute approximate surface area is 128 Å². The molecule has 1 unspecified atom stereocenters. The highest BCUT2D eigenvalue weighted by Crippen LogP contribution is 2.36. The zero-order valence-corrected chi connectivity index (χ0v) is 13.4. The number of hydrogen-bond donors (Lipinski definition) is 1. The molecule has 0 bridgehead atoms. The molecular weight excluding hydrogens is 299 g/mol. The fourth-order valence-electron chi connectivity index (χ4n) is 1.79. The first-order valence-electron chi connectivity index (χ1n) is 6.97. The van der Waals surface area contributed by atoms with E-state index in [1.54, 1.807) is 12.1 Å². The van der Waals surface area contributed by atoms with Crippen molar-refractivity contribution in [3.63, 3.8) is 0 Å². The number of ether oxygens (including phenoxy) is 1. The van der Waals surface area contributed by atoms with Crippen molar-refractivity contribution < 1.29 is 17.9 Å². The number of benzene rings is 1. The van der Waals surface area contributed by atoms with Gasteiger partial charge in [0.25, 0.3) is 0 Å². The van der Waals surface area contributed by atoms with Crippen molar-refractivity contribution in [2.75, 3.05) is 13.2 Å². The summed E-state index contributed by atoms with van der Waals surface area (Å²) >= 11 is -0.0906. The van der Waals surface area contributed by atoms with Gasteiger partial charge in [-0.1, -0.05) is 26.0 Å². The molecule has 1 aromatic carbocycles. The Bertz CT molecular complexity index is 406. The van der Waals surface area contributed by atoms with Crippen molar-refractivity contribution in [1.29, 1.82) is 0 Å². The molecule has 6 heteroatoms. The molecule has 0 aliphatic rings. The molecule has 1 N–H and O–H groups in total. The fourth-order valence-corrected chi connectivity index (χ4v) is 2.33. The molecule has 1 rings (SSSR count). The van der Waals surface area contributed by atoms with Crippen LogP contribution < -0.4 is 5.32 Å². The maximum absolute atomic E-state index is 12.2. The Balaban J connectivity index is 2.51. The van der Waals surface area contributed by atoms with Gasteiger partial charge in [0.15, 0.2) is 0 Å². The van der Waals surface area contributed by atoms with Gasteiger partial charge >= 0.3 is 5.51 Å². The zero-order valence-electron chi connectivity index (χ0n) is 12.5.